The van der Waals surface area contributed by atoms with Crippen LogP contribution < -0.4 is 10.2 Å². The first kappa shape index (κ1) is 13.1. The lowest BCUT2D eigenvalue weighted by Gasteiger charge is -2.17. The number of rotatable bonds is 6. The first-order chi connectivity index (χ1) is 8.79. The predicted octanol–water partition coefficient (Wildman–Crippen LogP) is 1.72. The third-order valence-corrected chi connectivity index (χ3v) is 3.17. The maximum atomic E-state index is 12.4. The van der Waals surface area contributed by atoms with Crippen molar-refractivity contribution in [2.24, 2.45) is 0 Å². The van der Waals surface area contributed by atoms with Crippen molar-refractivity contribution in [1.29, 1.82) is 0 Å². The largest absolute Gasteiger partial charge is 0.383 e. The van der Waals surface area contributed by atoms with E-state index >= 15 is 0 Å². The minimum atomic E-state index is -0.196. The number of fused-ring (bicyclic) bond motifs is 1. The molecule has 98 valence electrons. The van der Waals surface area contributed by atoms with Gasteiger partial charge in [-0.05, 0) is 19.0 Å². The molecule has 0 fully saturated rings. The van der Waals surface area contributed by atoms with Crippen LogP contribution in [-0.2, 0) is 9.53 Å². The van der Waals surface area contributed by atoms with Crippen molar-refractivity contribution in [2.75, 3.05) is 31.7 Å². The van der Waals surface area contributed by atoms with E-state index in [0.29, 0.717) is 13.2 Å². The van der Waals surface area contributed by atoms with Crippen LogP contribution in [0.4, 0.5) is 5.69 Å². The molecule has 0 saturated carbocycles. The Morgan fingerprint density at radius 3 is 2.89 bits per heavy atom. The topological polar surface area (TPSA) is 41.6 Å². The molecule has 0 aliphatic carbocycles. The molecule has 1 aromatic carbocycles. The maximum absolute atomic E-state index is 12.4. The number of nitrogens with one attached hydrogen (secondary N) is 1. The summed E-state index contributed by atoms with van der Waals surface area (Å²) in [4.78, 5) is 14.2. The highest BCUT2D eigenvalue weighted by molar-refractivity contribution is 6.04. The standard InChI is InChI=1S/C14H20N2O2/c1-3-8-15-13-11-6-4-5-7-12(11)16(14(13)17)9-10-18-2/h4-7,13,15H,3,8-10H2,1-2H3. The van der Waals surface area contributed by atoms with E-state index in [1.165, 1.54) is 0 Å². The summed E-state index contributed by atoms with van der Waals surface area (Å²) in [5.74, 6) is 0.127. The van der Waals surface area contributed by atoms with Gasteiger partial charge in [0.1, 0.15) is 6.04 Å². The third kappa shape index (κ3) is 2.40. The van der Waals surface area contributed by atoms with Crippen molar-refractivity contribution in [1.82, 2.24) is 5.32 Å². The zero-order valence-electron chi connectivity index (χ0n) is 11.0. The normalized spacial score (nSPS) is 18.2. The number of nitrogens with zero attached hydrogens (tertiary/aromatic N) is 1. The summed E-state index contributed by atoms with van der Waals surface area (Å²) in [6, 6.07) is 7.77. The lowest BCUT2D eigenvalue weighted by molar-refractivity contribution is -0.120. The van der Waals surface area contributed by atoms with Gasteiger partial charge < -0.3 is 15.0 Å². The molecule has 1 N–H and O–H groups in total. The van der Waals surface area contributed by atoms with Gasteiger partial charge >= 0.3 is 0 Å². The fraction of sp³-hybridized carbons (Fsp3) is 0.500. The summed E-state index contributed by atoms with van der Waals surface area (Å²) >= 11 is 0. The predicted molar refractivity (Wildman–Crippen MR) is 71.7 cm³/mol. The highest BCUT2D eigenvalue weighted by Gasteiger charge is 2.35. The van der Waals surface area contributed by atoms with Gasteiger partial charge in [0.05, 0.1) is 6.61 Å². The zero-order valence-corrected chi connectivity index (χ0v) is 11.0. The Morgan fingerprint density at radius 1 is 1.39 bits per heavy atom. The maximum Gasteiger partial charge on any atom is 0.248 e. The summed E-state index contributed by atoms with van der Waals surface area (Å²) in [7, 11) is 1.65. The number of benzene rings is 1. The Labute approximate surface area is 108 Å². The van der Waals surface area contributed by atoms with Crippen LogP contribution in [0, 0.1) is 0 Å². The molecule has 0 bridgehead atoms. The second-order valence-electron chi connectivity index (χ2n) is 4.43. The van der Waals surface area contributed by atoms with E-state index in [4.69, 9.17) is 4.74 Å². The molecule has 1 atom stereocenters. The molecule has 1 aliphatic rings. The summed E-state index contributed by atoms with van der Waals surface area (Å²) in [5, 5.41) is 3.31. The number of carbonyl (C=O) groups is 1. The molecule has 4 nitrogen and oxygen atoms in total. The average Bonchev–Trinajstić information content (AvgIpc) is 2.66. The van der Waals surface area contributed by atoms with Crippen LogP contribution in [0.25, 0.3) is 0 Å². The summed E-state index contributed by atoms with van der Waals surface area (Å²) < 4.78 is 5.07. The van der Waals surface area contributed by atoms with Crippen LogP contribution in [0.5, 0.6) is 0 Å². The van der Waals surface area contributed by atoms with E-state index in [-0.39, 0.29) is 11.9 Å². The van der Waals surface area contributed by atoms with Crippen LogP contribution >= 0.6 is 0 Å². The number of carbonyl (C=O) groups excluding carboxylic acids is 1. The van der Waals surface area contributed by atoms with Gasteiger partial charge in [0.15, 0.2) is 0 Å². The van der Waals surface area contributed by atoms with Gasteiger partial charge in [0, 0.05) is 24.9 Å². The van der Waals surface area contributed by atoms with E-state index in [1.54, 1.807) is 7.11 Å². The number of anilines is 1. The van der Waals surface area contributed by atoms with Crippen LogP contribution in [0.3, 0.4) is 0 Å². The van der Waals surface area contributed by atoms with Gasteiger partial charge in [-0.15, -0.1) is 0 Å². The number of para-hydroxylation sites is 1. The molecule has 1 amide bonds. The molecular weight excluding hydrogens is 228 g/mol. The van der Waals surface area contributed by atoms with Crippen molar-refractivity contribution < 1.29 is 9.53 Å². The minimum absolute atomic E-state index is 0.127. The molecule has 2 rings (SSSR count). The summed E-state index contributed by atoms with van der Waals surface area (Å²) in [6.07, 6.45) is 1.02. The van der Waals surface area contributed by atoms with Crippen molar-refractivity contribution in [3.05, 3.63) is 29.8 Å². The number of ether oxygens (including phenoxy) is 1. The van der Waals surface area contributed by atoms with E-state index in [0.717, 1.165) is 24.2 Å². The van der Waals surface area contributed by atoms with Crippen molar-refractivity contribution in [2.45, 2.75) is 19.4 Å². The average molecular weight is 248 g/mol. The number of hydrogen-bond acceptors (Lipinski definition) is 3. The smallest absolute Gasteiger partial charge is 0.248 e. The molecule has 4 heteroatoms. The Kier molecular flexibility index (Phi) is 4.33. The van der Waals surface area contributed by atoms with E-state index in [9.17, 15) is 4.79 Å². The molecule has 1 heterocycles. The quantitative estimate of drug-likeness (QED) is 0.833. The van der Waals surface area contributed by atoms with Gasteiger partial charge in [-0.1, -0.05) is 25.1 Å². The van der Waals surface area contributed by atoms with Crippen LogP contribution in [0.15, 0.2) is 24.3 Å². The van der Waals surface area contributed by atoms with Crippen molar-refractivity contribution in [3.8, 4) is 0 Å². The van der Waals surface area contributed by atoms with Crippen LogP contribution in [0.1, 0.15) is 24.9 Å². The third-order valence-electron chi connectivity index (χ3n) is 3.17. The van der Waals surface area contributed by atoms with Crippen LogP contribution in [-0.4, -0.2) is 32.7 Å². The van der Waals surface area contributed by atoms with Gasteiger partial charge in [0.2, 0.25) is 5.91 Å². The van der Waals surface area contributed by atoms with Crippen molar-refractivity contribution >= 4 is 11.6 Å². The van der Waals surface area contributed by atoms with Crippen molar-refractivity contribution in [3.63, 3.8) is 0 Å². The Hall–Kier alpha value is -1.39. The van der Waals surface area contributed by atoms with Gasteiger partial charge in [-0.3, -0.25) is 4.79 Å². The molecule has 1 aliphatic heterocycles. The van der Waals surface area contributed by atoms with E-state index < -0.39 is 0 Å². The first-order valence-electron chi connectivity index (χ1n) is 6.42. The summed E-state index contributed by atoms with van der Waals surface area (Å²) in [5.41, 5.74) is 2.08. The van der Waals surface area contributed by atoms with E-state index in [2.05, 4.69) is 12.2 Å². The van der Waals surface area contributed by atoms with Gasteiger partial charge in [-0.25, -0.2) is 0 Å². The number of methoxy groups -OCH3 is 1. The Balaban J connectivity index is 2.22. The van der Waals surface area contributed by atoms with Gasteiger partial charge in [-0.2, -0.15) is 0 Å². The molecule has 0 spiro atoms. The molecule has 0 radical (unpaired) electrons. The Bertz CT molecular complexity index is 383. The fourth-order valence-corrected chi connectivity index (χ4v) is 2.28. The van der Waals surface area contributed by atoms with E-state index in [1.807, 2.05) is 29.2 Å². The second kappa shape index (κ2) is 5.98. The lowest BCUT2D eigenvalue weighted by Crippen LogP contribution is -2.36. The highest BCUT2D eigenvalue weighted by Crippen LogP contribution is 2.35. The molecule has 0 saturated heterocycles. The number of hydrogen-bond donors (Lipinski definition) is 1. The first-order valence-corrected chi connectivity index (χ1v) is 6.42. The fourth-order valence-electron chi connectivity index (χ4n) is 2.28. The second-order valence-corrected chi connectivity index (χ2v) is 4.43. The van der Waals surface area contributed by atoms with Gasteiger partial charge in [0.25, 0.3) is 0 Å². The molecule has 0 aromatic heterocycles. The SMILES string of the molecule is CCCNC1C(=O)N(CCOC)c2ccccc21. The molecule has 18 heavy (non-hydrogen) atoms. The number of amides is 1. The minimum Gasteiger partial charge on any atom is -0.383 e. The summed E-state index contributed by atoms with van der Waals surface area (Å²) in [6.45, 7) is 4.11. The monoisotopic (exact) mass is 248 g/mol. The zero-order chi connectivity index (χ0) is 13.0. The van der Waals surface area contributed by atoms with Crippen LogP contribution in [0.2, 0.25) is 0 Å². The Morgan fingerprint density at radius 2 is 2.17 bits per heavy atom. The molecule has 1 aromatic rings. The lowest BCUT2D eigenvalue weighted by atomic mass is 10.1. The molecule has 1 unspecified atom stereocenters. The molecular formula is C14H20N2O2. The highest BCUT2D eigenvalue weighted by atomic mass is 16.5.